The van der Waals surface area contributed by atoms with Gasteiger partial charge in [-0.25, -0.2) is 0 Å². The molecular formula is C24H24N2O. The van der Waals surface area contributed by atoms with Crippen LogP contribution in [0.25, 0.3) is 22.1 Å². The van der Waals surface area contributed by atoms with Gasteiger partial charge in [0.2, 0.25) is 0 Å². The highest BCUT2D eigenvalue weighted by Crippen LogP contribution is 2.29. The van der Waals surface area contributed by atoms with E-state index in [-0.39, 0.29) is 5.41 Å². The lowest BCUT2D eigenvalue weighted by atomic mass is 9.87. The predicted octanol–water partition coefficient (Wildman–Crippen LogP) is 6.40. The summed E-state index contributed by atoms with van der Waals surface area (Å²) in [5.41, 5.74) is 5.83. The van der Waals surface area contributed by atoms with Crippen molar-refractivity contribution in [2.75, 3.05) is 5.32 Å². The predicted molar refractivity (Wildman–Crippen MR) is 112 cm³/mol. The Morgan fingerprint density at radius 2 is 1.59 bits per heavy atom. The molecule has 0 bridgehead atoms. The van der Waals surface area contributed by atoms with Crippen molar-refractivity contribution >= 4 is 16.8 Å². The van der Waals surface area contributed by atoms with E-state index in [1.165, 1.54) is 16.7 Å². The molecule has 1 heterocycles. The minimum atomic E-state index is 0.171. The van der Waals surface area contributed by atoms with Crippen LogP contribution in [0, 0.1) is 0 Å². The van der Waals surface area contributed by atoms with Gasteiger partial charge >= 0.3 is 0 Å². The molecule has 3 aromatic carbocycles. The SMILES string of the molecule is CC(C)(C)c1ccc(CNc2noc3cc(-c4ccccc4)ccc23)cc1. The van der Waals surface area contributed by atoms with Gasteiger partial charge in [-0.2, -0.15) is 0 Å². The lowest BCUT2D eigenvalue weighted by Crippen LogP contribution is -2.11. The summed E-state index contributed by atoms with van der Waals surface area (Å²) in [7, 11) is 0. The van der Waals surface area contributed by atoms with Crippen molar-refractivity contribution in [3.05, 3.63) is 83.9 Å². The number of hydrogen-bond donors (Lipinski definition) is 1. The third kappa shape index (κ3) is 3.72. The smallest absolute Gasteiger partial charge is 0.177 e. The van der Waals surface area contributed by atoms with E-state index >= 15 is 0 Å². The minimum absolute atomic E-state index is 0.171. The summed E-state index contributed by atoms with van der Waals surface area (Å²) >= 11 is 0. The number of hydrogen-bond acceptors (Lipinski definition) is 3. The molecule has 0 unspecified atom stereocenters. The number of nitrogens with one attached hydrogen (secondary N) is 1. The van der Waals surface area contributed by atoms with Crippen LogP contribution in [0.5, 0.6) is 0 Å². The zero-order chi connectivity index (χ0) is 18.9. The first-order valence-electron chi connectivity index (χ1n) is 9.29. The molecule has 0 aliphatic rings. The van der Waals surface area contributed by atoms with Crippen molar-refractivity contribution in [3.8, 4) is 11.1 Å². The highest BCUT2D eigenvalue weighted by Gasteiger charge is 2.13. The van der Waals surface area contributed by atoms with E-state index in [1.807, 2.05) is 24.3 Å². The summed E-state index contributed by atoms with van der Waals surface area (Å²) in [6, 6.07) is 25.2. The zero-order valence-electron chi connectivity index (χ0n) is 16.0. The molecule has 0 saturated carbocycles. The Hall–Kier alpha value is -3.07. The van der Waals surface area contributed by atoms with Crippen molar-refractivity contribution in [2.24, 2.45) is 0 Å². The molecule has 27 heavy (non-hydrogen) atoms. The maximum atomic E-state index is 5.55. The van der Waals surface area contributed by atoms with Crippen LogP contribution in [-0.2, 0) is 12.0 Å². The number of rotatable bonds is 4. The fourth-order valence-corrected chi connectivity index (χ4v) is 3.18. The molecule has 0 aliphatic carbocycles. The Morgan fingerprint density at radius 1 is 0.852 bits per heavy atom. The molecule has 0 spiro atoms. The van der Waals surface area contributed by atoms with Crippen LogP contribution in [-0.4, -0.2) is 5.16 Å². The van der Waals surface area contributed by atoms with E-state index in [9.17, 15) is 0 Å². The van der Waals surface area contributed by atoms with E-state index in [0.29, 0.717) is 6.54 Å². The molecule has 1 N–H and O–H groups in total. The van der Waals surface area contributed by atoms with Crippen LogP contribution >= 0.6 is 0 Å². The topological polar surface area (TPSA) is 38.1 Å². The van der Waals surface area contributed by atoms with Gasteiger partial charge in [0.1, 0.15) is 0 Å². The third-order valence-electron chi connectivity index (χ3n) is 4.86. The van der Waals surface area contributed by atoms with Gasteiger partial charge in [-0.05, 0) is 39.8 Å². The molecule has 3 nitrogen and oxygen atoms in total. The quantitative estimate of drug-likeness (QED) is 0.459. The lowest BCUT2D eigenvalue weighted by molar-refractivity contribution is 0.459. The van der Waals surface area contributed by atoms with Gasteiger partial charge in [0.15, 0.2) is 11.4 Å². The first-order valence-corrected chi connectivity index (χ1v) is 9.29. The van der Waals surface area contributed by atoms with Gasteiger partial charge in [0, 0.05) is 6.54 Å². The van der Waals surface area contributed by atoms with E-state index < -0.39 is 0 Å². The summed E-state index contributed by atoms with van der Waals surface area (Å²) < 4.78 is 5.55. The van der Waals surface area contributed by atoms with Crippen LogP contribution in [0.15, 0.2) is 77.3 Å². The molecule has 0 amide bonds. The number of fused-ring (bicyclic) bond motifs is 1. The summed E-state index contributed by atoms with van der Waals surface area (Å²) in [5, 5.41) is 8.61. The maximum absolute atomic E-state index is 5.55. The monoisotopic (exact) mass is 356 g/mol. The molecule has 0 fully saturated rings. The van der Waals surface area contributed by atoms with E-state index in [2.05, 4.69) is 79.8 Å². The van der Waals surface area contributed by atoms with Gasteiger partial charge in [0.05, 0.1) is 5.39 Å². The Labute approximate surface area is 160 Å². The molecular weight excluding hydrogens is 332 g/mol. The van der Waals surface area contributed by atoms with Crippen LogP contribution < -0.4 is 5.32 Å². The number of benzene rings is 3. The molecule has 4 aromatic rings. The average molecular weight is 356 g/mol. The summed E-state index contributed by atoms with van der Waals surface area (Å²) in [4.78, 5) is 0. The zero-order valence-corrected chi connectivity index (χ0v) is 16.0. The second-order valence-electron chi connectivity index (χ2n) is 7.91. The van der Waals surface area contributed by atoms with E-state index in [4.69, 9.17) is 4.52 Å². The van der Waals surface area contributed by atoms with Crippen molar-refractivity contribution in [3.63, 3.8) is 0 Å². The second-order valence-corrected chi connectivity index (χ2v) is 7.91. The number of anilines is 1. The van der Waals surface area contributed by atoms with E-state index in [0.717, 1.165) is 22.4 Å². The molecule has 0 atom stereocenters. The van der Waals surface area contributed by atoms with Crippen molar-refractivity contribution < 1.29 is 4.52 Å². The molecule has 0 aliphatic heterocycles. The van der Waals surface area contributed by atoms with Gasteiger partial charge < -0.3 is 9.84 Å². The highest BCUT2D eigenvalue weighted by atomic mass is 16.5. The normalized spacial score (nSPS) is 11.7. The Bertz CT molecular complexity index is 1040. The van der Waals surface area contributed by atoms with Crippen LogP contribution in [0.4, 0.5) is 5.82 Å². The molecule has 1 aromatic heterocycles. The average Bonchev–Trinajstić information content (AvgIpc) is 3.09. The third-order valence-corrected chi connectivity index (χ3v) is 4.86. The summed E-state index contributed by atoms with van der Waals surface area (Å²) in [6.45, 7) is 7.40. The lowest BCUT2D eigenvalue weighted by Gasteiger charge is -2.19. The van der Waals surface area contributed by atoms with Gasteiger partial charge in [-0.1, -0.05) is 86.6 Å². The van der Waals surface area contributed by atoms with Crippen molar-refractivity contribution in [1.29, 1.82) is 0 Å². The largest absolute Gasteiger partial charge is 0.363 e. The standard InChI is InChI=1S/C24H24N2O/c1-24(2,3)20-12-9-17(10-13-20)16-25-23-21-14-11-19(15-22(21)27-26-23)18-7-5-4-6-8-18/h4-15H,16H2,1-3H3,(H,25,26). The first kappa shape index (κ1) is 17.3. The Balaban J connectivity index is 1.51. The van der Waals surface area contributed by atoms with Gasteiger partial charge in [0.25, 0.3) is 0 Å². The number of nitrogens with zero attached hydrogens (tertiary/aromatic N) is 1. The van der Waals surface area contributed by atoms with Gasteiger partial charge in [-0.3, -0.25) is 0 Å². The minimum Gasteiger partial charge on any atom is -0.363 e. The highest BCUT2D eigenvalue weighted by molar-refractivity contribution is 5.91. The summed E-state index contributed by atoms with van der Waals surface area (Å²) in [5.74, 6) is 0.782. The van der Waals surface area contributed by atoms with Crippen molar-refractivity contribution in [1.82, 2.24) is 5.16 Å². The molecule has 136 valence electrons. The fourth-order valence-electron chi connectivity index (χ4n) is 3.18. The Kier molecular flexibility index (Phi) is 4.44. The maximum Gasteiger partial charge on any atom is 0.177 e. The molecule has 0 saturated heterocycles. The first-order chi connectivity index (χ1) is 13.0. The summed E-state index contributed by atoms with van der Waals surface area (Å²) in [6.07, 6.45) is 0. The molecule has 4 rings (SSSR count). The molecule has 0 radical (unpaired) electrons. The fraction of sp³-hybridized carbons (Fsp3) is 0.208. The second kappa shape index (κ2) is 6.92. The van der Waals surface area contributed by atoms with E-state index in [1.54, 1.807) is 0 Å². The van der Waals surface area contributed by atoms with Crippen LogP contribution in [0.1, 0.15) is 31.9 Å². The van der Waals surface area contributed by atoms with Crippen LogP contribution in [0.2, 0.25) is 0 Å². The van der Waals surface area contributed by atoms with Crippen LogP contribution in [0.3, 0.4) is 0 Å². The van der Waals surface area contributed by atoms with Gasteiger partial charge in [-0.15, -0.1) is 0 Å². The number of aromatic nitrogens is 1. The Morgan fingerprint density at radius 3 is 2.30 bits per heavy atom. The van der Waals surface area contributed by atoms with Crippen molar-refractivity contribution in [2.45, 2.75) is 32.7 Å². The molecule has 3 heteroatoms.